The number of benzene rings is 2. The Morgan fingerprint density at radius 3 is 2.74 bits per heavy atom. The number of nitrogens with one attached hydrogen (secondary N) is 2. The summed E-state index contributed by atoms with van der Waals surface area (Å²) in [5.41, 5.74) is 5.13. The number of hydrogen-bond acceptors (Lipinski definition) is 8. The van der Waals surface area contributed by atoms with Gasteiger partial charge in [-0.25, -0.2) is 10.5 Å². The molecule has 2 aromatic heterocycles. The smallest absolute Gasteiger partial charge is 0.251 e. The maximum atomic E-state index is 13.1. The van der Waals surface area contributed by atoms with Crippen molar-refractivity contribution >= 4 is 34.1 Å². The third kappa shape index (κ3) is 6.16. The first-order chi connectivity index (χ1) is 18.5. The van der Waals surface area contributed by atoms with Crippen molar-refractivity contribution in [3.8, 4) is 5.75 Å². The van der Waals surface area contributed by atoms with Gasteiger partial charge in [0, 0.05) is 65.3 Å². The average molecular weight is 532 g/mol. The van der Waals surface area contributed by atoms with Crippen molar-refractivity contribution in [2.24, 2.45) is 5.92 Å². The van der Waals surface area contributed by atoms with Gasteiger partial charge in [0.1, 0.15) is 17.4 Å². The second-order valence-electron chi connectivity index (χ2n) is 9.45. The summed E-state index contributed by atoms with van der Waals surface area (Å²) in [5.74, 6) is -0.160. The lowest BCUT2D eigenvalue weighted by Crippen LogP contribution is -2.41. The van der Waals surface area contributed by atoms with Gasteiger partial charge in [-0.15, -0.1) is 11.3 Å². The first-order valence-electron chi connectivity index (χ1n) is 12.4. The van der Waals surface area contributed by atoms with Crippen LogP contribution < -0.4 is 15.5 Å². The number of ether oxygens (including phenoxy) is 1. The van der Waals surface area contributed by atoms with E-state index in [0.717, 1.165) is 27.2 Å². The van der Waals surface area contributed by atoms with E-state index in [1.54, 1.807) is 47.3 Å². The van der Waals surface area contributed by atoms with Gasteiger partial charge in [0.05, 0.1) is 12.1 Å². The number of hydroxylamine groups is 1. The highest BCUT2D eigenvalue weighted by Crippen LogP contribution is 2.24. The molecule has 3 N–H and O–H groups in total. The summed E-state index contributed by atoms with van der Waals surface area (Å²) in [6.07, 6.45) is 1.88. The lowest BCUT2D eigenvalue weighted by Gasteiger charge is -2.19. The van der Waals surface area contributed by atoms with Crippen LogP contribution in [0.3, 0.4) is 0 Å². The van der Waals surface area contributed by atoms with E-state index in [-0.39, 0.29) is 24.3 Å². The summed E-state index contributed by atoms with van der Waals surface area (Å²) in [4.78, 5) is 36.0. The molecule has 2 atom stereocenters. The number of thiazole rings is 1. The molecule has 1 aliphatic heterocycles. The molecule has 0 spiro atoms. The van der Waals surface area contributed by atoms with E-state index < -0.39 is 5.91 Å². The van der Waals surface area contributed by atoms with E-state index in [2.05, 4.69) is 20.2 Å². The first kappa shape index (κ1) is 25.8. The number of aryl methyl sites for hydroxylation is 1. The highest BCUT2D eigenvalue weighted by molar-refractivity contribution is 7.09. The molecule has 0 bridgehead atoms. The Balaban J connectivity index is 1.21. The van der Waals surface area contributed by atoms with Crippen molar-refractivity contribution in [1.29, 1.82) is 0 Å². The molecule has 196 valence electrons. The third-order valence-corrected chi connectivity index (χ3v) is 7.45. The number of carbonyl (C=O) groups is 2. The molecule has 3 heterocycles. The Kier molecular flexibility index (Phi) is 7.92. The summed E-state index contributed by atoms with van der Waals surface area (Å²) < 4.78 is 6.02. The average Bonchev–Trinajstić information content (AvgIpc) is 3.57. The predicted octanol–water partition coefficient (Wildman–Crippen LogP) is 3.70. The molecule has 1 saturated heterocycles. The number of pyridine rings is 1. The molecule has 2 amide bonds. The zero-order chi connectivity index (χ0) is 26.5. The quantitative estimate of drug-likeness (QED) is 0.223. The Hall–Kier alpha value is -3.86. The molecule has 5 rings (SSSR count). The van der Waals surface area contributed by atoms with Crippen molar-refractivity contribution in [3.63, 3.8) is 0 Å². The van der Waals surface area contributed by atoms with E-state index in [0.29, 0.717) is 37.6 Å². The van der Waals surface area contributed by atoms with E-state index >= 15 is 0 Å². The van der Waals surface area contributed by atoms with Crippen LogP contribution in [0.2, 0.25) is 0 Å². The van der Waals surface area contributed by atoms with Crippen molar-refractivity contribution < 1.29 is 19.5 Å². The summed E-state index contributed by atoms with van der Waals surface area (Å²) in [7, 11) is 0. The van der Waals surface area contributed by atoms with Gasteiger partial charge in [-0.1, -0.05) is 18.2 Å². The molecular formula is C28H29N5O4S. The molecule has 9 nitrogen and oxygen atoms in total. The molecule has 1 aliphatic rings. The van der Waals surface area contributed by atoms with Crippen LogP contribution in [0.1, 0.15) is 33.0 Å². The van der Waals surface area contributed by atoms with Gasteiger partial charge < -0.3 is 10.1 Å². The lowest BCUT2D eigenvalue weighted by atomic mass is 9.99. The zero-order valence-electron chi connectivity index (χ0n) is 21.0. The Morgan fingerprint density at radius 1 is 1.16 bits per heavy atom. The van der Waals surface area contributed by atoms with Gasteiger partial charge in [-0.3, -0.25) is 24.7 Å². The highest BCUT2D eigenvalue weighted by atomic mass is 32.1. The molecule has 0 unspecified atom stereocenters. The summed E-state index contributed by atoms with van der Waals surface area (Å²) in [6.45, 7) is 4.22. The highest BCUT2D eigenvalue weighted by Gasteiger charge is 2.35. The van der Waals surface area contributed by atoms with E-state index in [4.69, 9.17) is 9.94 Å². The van der Waals surface area contributed by atoms with Crippen molar-refractivity contribution in [2.45, 2.75) is 32.5 Å². The summed E-state index contributed by atoms with van der Waals surface area (Å²) in [6, 6.07) is 16.8. The third-order valence-electron chi connectivity index (χ3n) is 6.69. The van der Waals surface area contributed by atoms with Crippen LogP contribution in [0.5, 0.6) is 5.75 Å². The minimum absolute atomic E-state index is 0.117. The van der Waals surface area contributed by atoms with Crippen LogP contribution in [-0.2, 0) is 17.9 Å². The molecule has 4 aromatic rings. The van der Waals surface area contributed by atoms with Crippen LogP contribution in [-0.4, -0.2) is 51.0 Å². The molecule has 38 heavy (non-hydrogen) atoms. The molecule has 0 radical (unpaired) electrons. The van der Waals surface area contributed by atoms with E-state index in [9.17, 15) is 9.59 Å². The fourth-order valence-corrected chi connectivity index (χ4v) is 5.55. The fraction of sp³-hybridized carbons (Fsp3) is 0.286. The normalized spacial score (nSPS) is 17.4. The molecule has 10 heteroatoms. The van der Waals surface area contributed by atoms with Crippen LogP contribution >= 0.6 is 11.3 Å². The first-order valence-corrected chi connectivity index (χ1v) is 13.3. The van der Waals surface area contributed by atoms with Gasteiger partial charge in [-0.05, 0) is 43.3 Å². The second kappa shape index (κ2) is 11.7. The van der Waals surface area contributed by atoms with Crippen molar-refractivity contribution in [3.05, 3.63) is 88.0 Å². The number of rotatable bonds is 9. The van der Waals surface area contributed by atoms with E-state index in [1.807, 2.05) is 42.6 Å². The predicted molar refractivity (Wildman–Crippen MR) is 144 cm³/mol. The van der Waals surface area contributed by atoms with Crippen LogP contribution in [0.4, 0.5) is 0 Å². The monoisotopic (exact) mass is 531 g/mol. The Bertz CT molecular complexity index is 1410. The maximum Gasteiger partial charge on any atom is 0.251 e. The summed E-state index contributed by atoms with van der Waals surface area (Å²) in [5, 5.41) is 16.0. The van der Waals surface area contributed by atoms with E-state index in [1.165, 1.54) is 0 Å². The SMILES string of the molecule is Cc1cc(COc2ccc(C(=O)N[C@@H]3CN(Cc4nccs4)C[C@@H]3CC(=O)NO)cc2)c2ccccc2n1. The Labute approximate surface area is 224 Å². The van der Waals surface area contributed by atoms with Gasteiger partial charge >= 0.3 is 0 Å². The number of likely N-dealkylation sites (tertiary alicyclic amines) is 1. The summed E-state index contributed by atoms with van der Waals surface area (Å²) >= 11 is 1.57. The largest absolute Gasteiger partial charge is 0.489 e. The topological polar surface area (TPSA) is 117 Å². The minimum Gasteiger partial charge on any atom is -0.489 e. The number of amides is 2. The van der Waals surface area contributed by atoms with Gasteiger partial charge in [-0.2, -0.15) is 0 Å². The molecule has 2 aromatic carbocycles. The number of para-hydroxylation sites is 1. The Morgan fingerprint density at radius 2 is 1.97 bits per heavy atom. The zero-order valence-corrected chi connectivity index (χ0v) is 21.8. The number of nitrogens with zero attached hydrogens (tertiary/aromatic N) is 3. The standard InChI is InChI=1S/C28H29N5O4S/c1-18-12-21(23-4-2-3-5-24(23)30-18)17-37-22-8-6-19(7-9-22)28(35)31-25-15-33(16-27-29-10-11-38-27)14-20(25)13-26(34)32-36/h2-12,20,25,36H,13-17H2,1H3,(H,31,35)(H,32,34)/t20-,25+/m0/s1. The number of aromatic nitrogens is 2. The minimum atomic E-state index is -0.469. The maximum absolute atomic E-state index is 13.1. The van der Waals surface area contributed by atoms with Gasteiger partial charge in [0.2, 0.25) is 5.91 Å². The van der Waals surface area contributed by atoms with Crippen LogP contribution in [0, 0.1) is 12.8 Å². The molecule has 1 fully saturated rings. The number of carbonyl (C=O) groups excluding carboxylic acids is 2. The number of fused-ring (bicyclic) bond motifs is 1. The second-order valence-corrected chi connectivity index (χ2v) is 10.4. The molecule has 0 saturated carbocycles. The number of hydrogen-bond donors (Lipinski definition) is 3. The molecule has 0 aliphatic carbocycles. The van der Waals surface area contributed by atoms with Crippen LogP contribution in [0.15, 0.2) is 66.2 Å². The van der Waals surface area contributed by atoms with Gasteiger partial charge in [0.25, 0.3) is 5.91 Å². The van der Waals surface area contributed by atoms with Crippen molar-refractivity contribution in [2.75, 3.05) is 13.1 Å². The fourth-order valence-electron chi connectivity index (χ4n) is 4.90. The van der Waals surface area contributed by atoms with Crippen molar-refractivity contribution in [1.82, 2.24) is 25.7 Å². The van der Waals surface area contributed by atoms with Crippen LogP contribution in [0.25, 0.3) is 10.9 Å². The molecular weight excluding hydrogens is 502 g/mol. The lowest BCUT2D eigenvalue weighted by molar-refractivity contribution is -0.130. The van der Waals surface area contributed by atoms with Gasteiger partial charge in [0.15, 0.2) is 0 Å².